The van der Waals surface area contributed by atoms with Crippen LogP contribution >= 0.6 is 0 Å². The minimum atomic E-state index is -0.391. The number of fused-ring (bicyclic) bond motifs is 1. The second-order valence-electron chi connectivity index (χ2n) is 6.73. The molecule has 0 spiro atoms. The molecule has 6 heteroatoms. The molecule has 3 aromatic rings. The number of amides is 2. The van der Waals surface area contributed by atoms with E-state index in [0.717, 1.165) is 27.7 Å². The van der Waals surface area contributed by atoms with E-state index >= 15 is 0 Å². The summed E-state index contributed by atoms with van der Waals surface area (Å²) in [6, 6.07) is 13.5. The quantitative estimate of drug-likeness (QED) is 0.763. The van der Waals surface area contributed by atoms with Crippen LogP contribution in [0.25, 0.3) is 10.9 Å². The number of H-pyrrole nitrogens is 1. The molecule has 1 aliphatic heterocycles. The molecule has 2 N–H and O–H groups in total. The molecule has 1 aromatic heterocycles. The summed E-state index contributed by atoms with van der Waals surface area (Å²) in [7, 11) is 0. The van der Waals surface area contributed by atoms with E-state index in [9.17, 15) is 9.59 Å². The summed E-state index contributed by atoms with van der Waals surface area (Å²) in [5.41, 5.74) is 3.83. The van der Waals surface area contributed by atoms with Crippen molar-refractivity contribution in [2.45, 2.75) is 20.3 Å². The Morgan fingerprint density at radius 1 is 1.19 bits per heavy atom. The molecule has 132 valence electrons. The maximum atomic E-state index is 12.7. The Bertz CT molecular complexity index is 1010. The molecule has 1 saturated heterocycles. The third-order valence-corrected chi connectivity index (χ3v) is 5.06. The highest BCUT2D eigenvalue weighted by Crippen LogP contribution is 2.30. The number of hydrogen-bond donors (Lipinski definition) is 2. The van der Waals surface area contributed by atoms with Gasteiger partial charge in [-0.2, -0.15) is 5.10 Å². The first kappa shape index (κ1) is 16.3. The summed E-state index contributed by atoms with van der Waals surface area (Å²) in [5, 5.41) is 11.1. The van der Waals surface area contributed by atoms with Crippen molar-refractivity contribution in [3.8, 4) is 0 Å². The van der Waals surface area contributed by atoms with Crippen LogP contribution < -0.4 is 10.2 Å². The molecule has 2 amide bonds. The van der Waals surface area contributed by atoms with Gasteiger partial charge in [-0.25, -0.2) is 0 Å². The summed E-state index contributed by atoms with van der Waals surface area (Å²) in [4.78, 5) is 26.8. The Balaban J connectivity index is 1.54. The van der Waals surface area contributed by atoms with Crippen molar-refractivity contribution in [1.82, 2.24) is 10.2 Å². The van der Waals surface area contributed by atoms with Gasteiger partial charge in [-0.05, 0) is 43.2 Å². The Kier molecular flexibility index (Phi) is 3.95. The molecule has 0 saturated carbocycles. The third-order valence-electron chi connectivity index (χ3n) is 5.06. The average molecular weight is 348 g/mol. The molecule has 4 rings (SSSR count). The second-order valence-corrected chi connectivity index (χ2v) is 6.73. The Labute approximate surface area is 151 Å². The number of nitrogens with one attached hydrogen (secondary N) is 2. The fourth-order valence-electron chi connectivity index (χ4n) is 3.36. The minimum Gasteiger partial charge on any atom is -0.326 e. The molecule has 0 bridgehead atoms. The van der Waals surface area contributed by atoms with Crippen LogP contribution in [0.5, 0.6) is 0 Å². The van der Waals surface area contributed by atoms with Crippen LogP contribution in [0.15, 0.2) is 42.5 Å². The first-order valence-electron chi connectivity index (χ1n) is 8.65. The van der Waals surface area contributed by atoms with E-state index in [1.165, 1.54) is 0 Å². The van der Waals surface area contributed by atoms with Crippen LogP contribution in [-0.2, 0) is 9.59 Å². The highest BCUT2D eigenvalue weighted by Gasteiger charge is 2.37. The van der Waals surface area contributed by atoms with Gasteiger partial charge >= 0.3 is 0 Å². The van der Waals surface area contributed by atoms with Crippen LogP contribution in [0.4, 0.5) is 11.5 Å². The SMILES string of the molecule is Cc1cccc(NC(=O)[C@H]2CC(=O)N(c3n[nH]c4ccccc34)C2)c1C. The number of aryl methyl sites for hydroxylation is 1. The molecule has 6 nitrogen and oxygen atoms in total. The number of carbonyl (C=O) groups excluding carboxylic acids is 2. The topological polar surface area (TPSA) is 78.1 Å². The minimum absolute atomic E-state index is 0.0802. The molecule has 26 heavy (non-hydrogen) atoms. The predicted molar refractivity (Wildman–Crippen MR) is 101 cm³/mol. The Morgan fingerprint density at radius 3 is 2.85 bits per heavy atom. The molecule has 0 radical (unpaired) electrons. The first-order valence-corrected chi connectivity index (χ1v) is 8.65. The number of hydrogen-bond acceptors (Lipinski definition) is 3. The van der Waals surface area contributed by atoms with Gasteiger partial charge in [-0.15, -0.1) is 0 Å². The van der Waals surface area contributed by atoms with Crippen molar-refractivity contribution in [2.24, 2.45) is 5.92 Å². The summed E-state index contributed by atoms with van der Waals surface area (Å²) in [6.45, 7) is 4.33. The number of carbonyl (C=O) groups is 2. The predicted octanol–water partition coefficient (Wildman–Crippen LogP) is 3.17. The monoisotopic (exact) mass is 348 g/mol. The van der Waals surface area contributed by atoms with Crippen LogP contribution in [0.1, 0.15) is 17.5 Å². The lowest BCUT2D eigenvalue weighted by molar-refractivity contribution is -0.122. The summed E-state index contributed by atoms with van der Waals surface area (Å²) in [5.74, 6) is -0.0109. The van der Waals surface area contributed by atoms with Gasteiger partial charge in [-0.3, -0.25) is 19.6 Å². The first-order chi connectivity index (χ1) is 12.5. The van der Waals surface area contributed by atoms with Crippen molar-refractivity contribution in [1.29, 1.82) is 0 Å². The van der Waals surface area contributed by atoms with E-state index in [2.05, 4.69) is 15.5 Å². The summed E-state index contributed by atoms with van der Waals surface area (Å²) >= 11 is 0. The molecule has 2 heterocycles. The number of nitrogens with zero attached hydrogens (tertiary/aromatic N) is 2. The fourth-order valence-corrected chi connectivity index (χ4v) is 3.36. The lowest BCUT2D eigenvalue weighted by Crippen LogP contribution is -2.28. The maximum absolute atomic E-state index is 12.7. The zero-order chi connectivity index (χ0) is 18.3. The van der Waals surface area contributed by atoms with Crippen molar-refractivity contribution in [3.05, 3.63) is 53.6 Å². The number of aromatic amines is 1. The highest BCUT2D eigenvalue weighted by molar-refractivity contribution is 6.07. The van der Waals surface area contributed by atoms with Crippen LogP contribution in [-0.4, -0.2) is 28.6 Å². The smallest absolute Gasteiger partial charge is 0.229 e. The van der Waals surface area contributed by atoms with E-state index < -0.39 is 5.92 Å². The zero-order valence-electron chi connectivity index (χ0n) is 14.7. The molecule has 0 aliphatic carbocycles. The van der Waals surface area contributed by atoms with E-state index in [1.807, 2.05) is 56.3 Å². The molecule has 1 fully saturated rings. The number of anilines is 2. The molecule has 2 aromatic carbocycles. The van der Waals surface area contributed by atoms with E-state index in [0.29, 0.717) is 12.4 Å². The maximum Gasteiger partial charge on any atom is 0.229 e. The average Bonchev–Trinajstić information content (AvgIpc) is 3.22. The standard InChI is InChI=1S/C20H20N4O2/c1-12-6-5-9-16(13(12)2)21-20(26)14-10-18(25)24(11-14)19-15-7-3-4-8-17(15)22-23-19/h3-9,14H,10-11H2,1-2H3,(H,21,26)(H,22,23)/t14-/m0/s1. The number of rotatable bonds is 3. The van der Waals surface area contributed by atoms with Gasteiger partial charge in [0.05, 0.1) is 11.4 Å². The van der Waals surface area contributed by atoms with Gasteiger partial charge in [0.2, 0.25) is 11.8 Å². The zero-order valence-corrected chi connectivity index (χ0v) is 14.7. The van der Waals surface area contributed by atoms with E-state index in [-0.39, 0.29) is 18.2 Å². The lowest BCUT2D eigenvalue weighted by Gasteiger charge is -2.15. The number of aromatic nitrogens is 2. The summed E-state index contributed by atoms with van der Waals surface area (Å²) < 4.78 is 0. The van der Waals surface area contributed by atoms with Crippen molar-refractivity contribution < 1.29 is 9.59 Å². The van der Waals surface area contributed by atoms with Crippen LogP contribution in [0, 0.1) is 19.8 Å². The van der Waals surface area contributed by atoms with Crippen molar-refractivity contribution >= 4 is 34.2 Å². The normalized spacial score (nSPS) is 17.1. The van der Waals surface area contributed by atoms with Crippen LogP contribution in [0.2, 0.25) is 0 Å². The van der Waals surface area contributed by atoms with Gasteiger partial charge in [-0.1, -0.05) is 24.3 Å². The van der Waals surface area contributed by atoms with Gasteiger partial charge in [0.25, 0.3) is 0 Å². The highest BCUT2D eigenvalue weighted by atomic mass is 16.2. The van der Waals surface area contributed by atoms with Crippen molar-refractivity contribution in [2.75, 3.05) is 16.8 Å². The third kappa shape index (κ3) is 2.73. The Morgan fingerprint density at radius 2 is 2.00 bits per heavy atom. The number of benzene rings is 2. The van der Waals surface area contributed by atoms with Crippen LogP contribution in [0.3, 0.4) is 0 Å². The fraction of sp³-hybridized carbons (Fsp3) is 0.250. The Hall–Kier alpha value is -3.15. The largest absolute Gasteiger partial charge is 0.326 e. The molecule has 1 atom stereocenters. The lowest BCUT2D eigenvalue weighted by atomic mass is 10.1. The number of para-hydroxylation sites is 1. The second kappa shape index (κ2) is 6.29. The van der Waals surface area contributed by atoms with Gasteiger partial charge in [0.1, 0.15) is 0 Å². The molecular weight excluding hydrogens is 328 g/mol. The van der Waals surface area contributed by atoms with Gasteiger partial charge in [0, 0.05) is 24.0 Å². The van der Waals surface area contributed by atoms with Gasteiger partial charge < -0.3 is 5.32 Å². The molecule has 0 unspecified atom stereocenters. The summed E-state index contributed by atoms with van der Waals surface area (Å²) in [6.07, 6.45) is 0.192. The molecular formula is C20H20N4O2. The van der Waals surface area contributed by atoms with E-state index in [4.69, 9.17) is 0 Å². The van der Waals surface area contributed by atoms with Gasteiger partial charge in [0.15, 0.2) is 5.82 Å². The van der Waals surface area contributed by atoms with Crippen molar-refractivity contribution in [3.63, 3.8) is 0 Å². The van der Waals surface area contributed by atoms with E-state index in [1.54, 1.807) is 4.90 Å². The molecule has 1 aliphatic rings.